The number of guanidine groups is 1. The van der Waals surface area contributed by atoms with Crippen LogP contribution < -0.4 is 11.5 Å². The first kappa shape index (κ1) is 14.5. The number of carbonyl (C=O) groups is 1. The fraction of sp³-hybridized carbons (Fsp3) is 0.333. The van der Waals surface area contributed by atoms with Crippen molar-refractivity contribution in [2.24, 2.45) is 16.5 Å². The maximum Gasteiger partial charge on any atom is 0.280 e. The van der Waals surface area contributed by atoms with Crippen molar-refractivity contribution < 1.29 is 17.9 Å². The highest BCUT2D eigenvalue weighted by Gasteiger charge is 2.32. The Morgan fingerprint density at radius 3 is 2.65 bits per heavy atom. The lowest BCUT2D eigenvalue weighted by atomic mass is 10.0. The highest BCUT2D eigenvalue weighted by molar-refractivity contribution is 7.92. The maximum absolute atomic E-state index is 12.2. The fourth-order valence-corrected chi connectivity index (χ4v) is 3.38. The number of nitrogens with zero attached hydrogens (tertiary/aromatic N) is 1. The van der Waals surface area contributed by atoms with E-state index in [2.05, 4.69) is 4.99 Å². The van der Waals surface area contributed by atoms with Crippen LogP contribution in [0, 0.1) is 6.92 Å². The number of aliphatic imine (C=N–C) groups is 1. The molecular formula is C12H15N3O4S. The third-order valence-electron chi connectivity index (χ3n) is 3.09. The second-order valence-electron chi connectivity index (χ2n) is 4.54. The van der Waals surface area contributed by atoms with Crippen molar-refractivity contribution in [3.05, 3.63) is 28.8 Å². The van der Waals surface area contributed by atoms with Gasteiger partial charge in [0.25, 0.3) is 5.91 Å². The molecule has 1 aliphatic heterocycles. The Morgan fingerprint density at radius 2 is 2.05 bits per heavy atom. The zero-order valence-electron chi connectivity index (χ0n) is 11.1. The summed E-state index contributed by atoms with van der Waals surface area (Å²) in [7, 11) is -3.61. The van der Waals surface area contributed by atoms with Gasteiger partial charge in [0.15, 0.2) is 11.4 Å². The Morgan fingerprint density at radius 1 is 1.40 bits per heavy atom. The van der Waals surface area contributed by atoms with Gasteiger partial charge in [-0.05, 0) is 31.0 Å². The van der Waals surface area contributed by atoms with Crippen molar-refractivity contribution in [2.75, 3.05) is 0 Å². The third kappa shape index (κ3) is 2.39. The molecule has 0 radical (unpaired) electrons. The van der Waals surface area contributed by atoms with E-state index in [1.54, 1.807) is 13.0 Å². The molecule has 0 bridgehead atoms. The Labute approximate surface area is 116 Å². The molecule has 0 saturated heterocycles. The average Bonchev–Trinajstić information content (AvgIpc) is 2.32. The van der Waals surface area contributed by atoms with Crippen LogP contribution in [0.1, 0.15) is 28.4 Å². The summed E-state index contributed by atoms with van der Waals surface area (Å²) in [4.78, 5) is 15.4. The van der Waals surface area contributed by atoms with Crippen molar-refractivity contribution in [1.82, 2.24) is 0 Å². The number of amides is 1. The minimum atomic E-state index is -3.61. The number of rotatable bonds is 1. The number of nitrogens with two attached hydrogens (primary N) is 2. The maximum atomic E-state index is 12.2. The molecule has 1 aromatic rings. The summed E-state index contributed by atoms with van der Waals surface area (Å²) >= 11 is 0. The Balaban J connectivity index is 2.62. The zero-order chi connectivity index (χ0) is 15.1. The molecule has 108 valence electrons. The number of hydrogen-bond acceptors (Lipinski definition) is 4. The van der Waals surface area contributed by atoms with E-state index in [0.717, 1.165) is 0 Å². The molecule has 20 heavy (non-hydrogen) atoms. The first-order valence-electron chi connectivity index (χ1n) is 5.86. The molecule has 8 heteroatoms. The van der Waals surface area contributed by atoms with E-state index < -0.39 is 21.2 Å². The van der Waals surface area contributed by atoms with Crippen molar-refractivity contribution in [3.8, 4) is 0 Å². The molecule has 0 aromatic heterocycles. The molecule has 1 unspecified atom stereocenters. The molecule has 2 rings (SSSR count). The van der Waals surface area contributed by atoms with Crippen LogP contribution in [-0.2, 0) is 21.2 Å². The number of carbonyl (C=O) groups excluding carboxylic acids is 1. The number of sulfone groups is 1. The van der Waals surface area contributed by atoms with Crippen LogP contribution in [0.2, 0.25) is 0 Å². The third-order valence-corrected chi connectivity index (χ3v) is 5.09. The molecule has 0 saturated carbocycles. The Bertz CT molecular complexity index is 706. The highest BCUT2D eigenvalue weighted by atomic mass is 32.2. The molecule has 0 spiro atoms. The summed E-state index contributed by atoms with van der Waals surface area (Å²) in [5.74, 6) is -1.04. The van der Waals surface area contributed by atoms with Crippen LogP contribution in [0.3, 0.4) is 0 Å². The van der Waals surface area contributed by atoms with Crippen LogP contribution in [0.5, 0.6) is 0 Å². The fourth-order valence-electron chi connectivity index (χ4n) is 2.01. The summed E-state index contributed by atoms with van der Waals surface area (Å²) in [6.07, 6.45) is 0. The molecule has 1 atom stereocenters. The summed E-state index contributed by atoms with van der Waals surface area (Å²) in [5, 5.41) is 0. The van der Waals surface area contributed by atoms with E-state index in [0.29, 0.717) is 11.1 Å². The largest absolute Gasteiger partial charge is 0.370 e. The molecule has 0 aliphatic carbocycles. The summed E-state index contributed by atoms with van der Waals surface area (Å²) in [6.45, 7) is 3.32. The molecule has 1 aromatic carbocycles. The van der Waals surface area contributed by atoms with Gasteiger partial charge in [-0.3, -0.25) is 4.79 Å². The lowest BCUT2D eigenvalue weighted by Gasteiger charge is -2.23. The number of ether oxygens (including phenoxy) is 1. The van der Waals surface area contributed by atoms with Gasteiger partial charge in [0.05, 0.1) is 11.5 Å². The van der Waals surface area contributed by atoms with Crippen molar-refractivity contribution in [3.63, 3.8) is 0 Å². The van der Waals surface area contributed by atoms with Crippen molar-refractivity contribution >= 4 is 21.7 Å². The highest BCUT2D eigenvalue weighted by Crippen LogP contribution is 2.30. The van der Waals surface area contributed by atoms with E-state index in [1.165, 1.54) is 13.0 Å². The molecule has 7 nitrogen and oxygen atoms in total. The van der Waals surface area contributed by atoms with Crippen LogP contribution in [0.4, 0.5) is 0 Å². The van der Waals surface area contributed by atoms with Gasteiger partial charge < -0.3 is 16.2 Å². The van der Waals surface area contributed by atoms with Crippen LogP contribution in [0.25, 0.3) is 0 Å². The lowest BCUT2D eigenvalue weighted by Crippen LogP contribution is -2.28. The summed E-state index contributed by atoms with van der Waals surface area (Å²) in [5.41, 5.74) is 10.7. The van der Waals surface area contributed by atoms with Crippen LogP contribution >= 0.6 is 0 Å². The minimum absolute atomic E-state index is 0.0935. The van der Waals surface area contributed by atoms with Crippen molar-refractivity contribution in [2.45, 2.75) is 30.8 Å². The van der Waals surface area contributed by atoms with Gasteiger partial charge in [0.2, 0.25) is 9.84 Å². The van der Waals surface area contributed by atoms with Gasteiger partial charge >= 0.3 is 0 Å². The number of hydrogen-bond donors (Lipinski definition) is 2. The second kappa shape index (κ2) is 4.88. The van der Waals surface area contributed by atoms with Crippen LogP contribution in [-0.4, -0.2) is 25.7 Å². The smallest absolute Gasteiger partial charge is 0.280 e. The van der Waals surface area contributed by atoms with E-state index in [1.807, 2.05) is 0 Å². The van der Waals surface area contributed by atoms with Gasteiger partial charge in [0.1, 0.15) is 0 Å². The van der Waals surface area contributed by atoms with E-state index in [4.69, 9.17) is 16.2 Å². The van der Waals surface area contributed by atoms with Gasteiger partial charge in [-0.1, -0.05) is 6.07 Å². The number of benzene rings is 1. The Kier molecular flexibility index (Phi) is 3.53. The van der Waals surface area contributed by atoms with Gasteiger partial charge in [-0.15, -0.1) is 0 Å². The van der Waals surface area contributed by atoms with Gasteiger partial charge in [0, 0.05) is 5.56 Å². The molecule has 1 aliphatic rings. The molecule has 0 fully saturated rings. The first-order chi connectivity index (χ1) is 9.23. The summed E-state index contributed by atoms with van der Waals surface area (Å²) in [6, 6.07) is 2.92. The lowest BCUT2D eigenvalue weighted by molar-refractivity contribution is 0.0944. The van der Waals surface area contributed by atoms with E-state index >= 15 is 0 Å². The first-order valence-corrected chi connectivity index (χ1v) is 7.41. The predicted octanol–water partition coefficient (Wildman–Crippen LogP) is 0.0585. The number of aryl methyl sites for hydroxylation is 1. The SMILES string of the molecule is Cc1cc2c(cc1C(=O)N=C(N)N)S(=O)(=O)C(C)OC2. The predicted molar refractivity (Wildman–Crippen MR) is 72.8 cm³/mol. The molecule has 1 heterocycles. The Hall–Kier alpha value is -1.93. The quantitative estimate of drug-likeness (QED) is 0.557. The second-order valence-corrected chi connectivity index (χ2v) is 6.73. The molecular weight excluding hydrogens is 282 g/mol. The zero-order valence-corrected chi connectivity index (χ0v) is 11.9. The minimum Gasteiger partial charge on any atom is -0.370 e. The van der Waals surface area contributed by atoms with Gasteiger partial charge in [-0.25, -0.2) is 8.42 Å². The number of fused-ring (bicyclic) bond motifs is 1. The van der Waals surface area contributed by atoms with E-state index in [-0.39, 0.29) is 23.0 Å². The molecule has 1 amide bonds. The standard InChI is InChI=1S/C12H15N3O4S/c1-6-3-8-5-19-7(2)20(17,18)10(8)4-9(6)11(16)15-12(13)14/h3-4,7H,5H2,1-2H3,(H4,13,14,15,16). The topological polar surface area (TPSA) is 125 Å². The van der Waals surface area contributed by atoms with Gasteiger partial charge in [-0.2, -0.15) is 4.99 Å². The summed E-state index contributed by atoms with van der Waals surface area (Å²) < 4.78 is 29.6. The average molecular weight is 297 g/mol. The van der Waals surface area contributed by atoms with E-state index in [9.17, 15) is 13.2 Å². The van der Waals surface area contributed by atoms with Crippen molar-refractivity contribution in [1.29, 1.82) is 0 Å². The monoisotopic (exact) mass is 297 g/mol. The van der Waals surface area contributed by atoms with Crippen LogP contribution in [0.15, 0.2) is 22.0 Å². The molecule has 4 N–H and O–H groups in total. The normalized spacial score (nSPS) is 20.0.